The zero-order valence-corrected chi connectivity index (χ0v) is 14.5. The zero-order chi connectivity index (χ0) is 18.2. The summed E-state index contributed by atoms with van der Waals surface area (Å²) in [7, 11) is 0. The molecule has 0 aliphatic carbocycles. The lowest BCUT2D eigenvalue weighted by atomic mass is 10.1. The second kappa shape index (κ2) is 8.85. The minimum Gasteiger partial charge on any atom is -0.357 e. The molecule has 0 atom stereocenters. The van der Waals surface area contributed by atoms with E-state index in [1.165, 1.54) is 6.07 Å². The van der Waals surface area contributed by atoms with Gasteiger partial charge in [0.15, 0.2) is 5.96 Å². The van der Waals surface area contributed by atoms with Crippen molar-refractivity contribution >= 4 is 17.6 Å². The summed E-state index contributed by atoms with van der Waals surface area (Å²) in [5.74, 6) is 0.276. The number of guanidine groups is 1. The van der Waals surface area contributed by atoms with Crippen LogP contribution < -0.4 is 16.0 Å². The number of nitrogens with zero attached hydrogens (tertiary/aromatic N) is 2. The van der Waals surface area contributed by atoms with Gasteiger partial charge in [-0.1, -0.05) is 18.2 Å². The molecule has 0 aliphatic rings. The van der Waals surface area contributed by atoms with E-state index in [0.717, 1.165) is 0 Å². The van der Waals surface area contributed by atoms with Crippen LogP contribution in [0, 0.1) is 10.1 Å². The van der Waals surface area contributed by atoms with Crippen LogP contribution in [0.1, 0.15) is 33.3 Å². The number of aliphatic imine (C=N–C) groups is 1. The average Bonchev–Trinajstić information content (AvgIpc) is 2.48. The molecule has 8 heteroatoms. The van der Waals surface area contributed by atoms with Gasteiger partial charge in [-0.3, -0.25) is 14.9 Å². The molecule has 3 N–H and O–H groups in total. The summed E-state index contributed by atoms with van der Waals surface area (Å²) >= 11 is 0. The van der Waals surface area contributed by atoms with Gasteiger partial charge in [0, 0.05) is 18.2 Å². The third kappa shape index (κ3) is 7.08. The van der Waals surface area contributed by atoms with Crippen LogP contribution in [0.15, 0.2) is 29.3 Å². The Kier molecular flexibility index (Phi) is 7.16. The molecule has 1 rings (SSSR count). The number of nitro groups is 1. The van der Waals surface area contributed by atoms with E-state index in [-0.39, 0.29) is 30.2 Å². The van der Waals surface area contributed by atoms with E-state index in [9.17, 15) is 14.9 Å². The highest BCUT2D eigenvalue weighted by Gasteiger charge is 2.14. The molecule has 0 aliphatic heterocycles. The second-order valence-corrected chi connectivity index (χ2v) is 6.23. The summed E-state index contributed by atoms with van der Waals surface area (Å²) < 4.78 is 0. The predicted octanol–water partition coefficient (Wildman–Crippen LogP) is 1.56. The van der Waals surface area contributed by atoms with Crippen molar-refractivity contribution in [1.82, 2.24) is 16.0 Å². The first-order valence-electron chi connectivity index (χ1n) is 7.78. The maximum atomic E-state index is 11.8. The van der Waals surface area contributed by atoms with E-state index >= 15 is 0 Å². The van der Waals surface area contributed by atoms with Crippen molar-refractivity contribution in [3.05, 3.63) is 39.9 Å². The highest BCUT2D eigenvalue weighted by Crippen LogP contribution is 2.18. The molecule has 0 aromatic heterocycles. The van der Waals surface area contributed by atoms with Crippen LogP contribution >= 0.6 is 0 Å². The van der Waals surface area contributed by atoms with Crippen molar-refractivity contribution in [2.24, 2.45) is 4.99 Å². The fraction of sp³-hybridized carbons (Fsp3) is 0.500. The van der Waals surface area contributed by atoms with Crippen molar-refractivity contribution in [3.8, 4) is 0 Å². The van der Waals surface area contributed by atoms with Gasteiger partial charge in [-0.2, -0.15) is 0 Å². The molecule has 0 saturated carbocycles. The monoisotopic (exact) mass is 335 g/mol. The van der Waals surface area contributed by atoms with Gasteiger partial charge in [0.05, 0.1) is 23.6 Å². The van der Waals surface area contributed by atoms with Gasteiger partial charge in [-0.15, -0.1) is 0 Å². The molecule has 0 unspecified atom stereocenters. The Labute approximate surface area is 141 Å². The number of amides is 1. The lowest BCUT2D eigenvalue weighted by Gasteiger charge is -2.21. The summed E-state index contributed by atoms with van der Waals surface area (Å²) in [6.07, 6.45) is 0. The Morgan fingerprint density at radius 1 is 1.25 bits per heavy atom. The molecule has 1 amide bonds. The molecule has 0 bridgehead atoms. The molecule has 1 aromatic carbocycles. The first-order valence-corrected chi connectivity index (χ1v) is 7.78. The van der Waals surface area contributed by atoms with Crippen LogP contribution in [0.3, 0.4) is 0 Å². The minimum absolute atomic E-state index is 0.0302. The first kappa shape index (κ1) is 19.4. The summed E-state index contributed by atoms with van der Waals surface area (Å²) in [5.41, 5.74) is 0.236. The van der Waals surface area contributed by atoms with Gasteiger partial charge in [0.2, 0.25) is 5.91 Å². The average molecular weight is 335 g/mol. The van der Waals surface area contributed by atoms with Crippen LogP contribution in [-0.4, -0.2) is 35.4 Å². The van der Waals surface area contributed by atoms with Gasteiger partial charge in [-0.05, 0) is 27.7 Å². The Morgan fingerprint density at radius 3 is 2.50 bits per heavy atom. The fourth-order valence-corrected chi connectivity index (χ4v) is 1.96. The molecule has 132 valence electrons. The molecule has 8 nitrogen and oxygen atoms in total. The van der Waals surface area contributed by atoms with Gasteiger partial charge in [0.1, 0.15) is 0 Å². The molecule has 0 heterocycles. The highest BCUT2D eigenvalue weighted by molar-refractivity contribution is 5.86. The second-order valence-electron chi connectivity index (χ2n) is 6.23. The summed E-state index contributed by atoms with van der Waals surface area (Å²) in [5, 5.41) is 19.8. The van der Waals surface area contributed by atoms with Crippen LogP contribution in [0.5, 0.6) is 0 Å². The van der Waals surface area contributed by atoms with E-state index in [4.69, 9.17) is 0 Å². The van der Waals surface area contributed by atoms with Gasteiger partial charge < -0.3 is 16.0 Å². The van der Waals surface area contributed by atoms with Crippen molar-refractivity contribution in [1.29, 1.82) is 0 Å². The lowest BCUT2D eigenvalue weighted by molar-refractivity contribution is -0.385. The largest absolute Gasteiger partial charge is 0.357 e. The Hall–Kier alpha value is -2.64. The van der Waals surface area contributed by atoms with E-state index in [0.29, 0.717) is 18.1 Å². The summed E-state index contributed by atoms with van der Waals surface area (Å²) in [4.78, 5) is 26.7. The third-order valence-electron chi connectivity index (χ3n) is 2.87. The van der Waals surface area contributed by atoms with E-state index in [1.54, 1.807) is 18.2 Å². The number of para-hydroxylation sites is 1. The standard InChI is InChI=1S/C16H25N5O3/c1-5-17-15(19-11-14(22)20-16(2,3)4)18-10-12-8-6-7-9-13(12)21(23)24/h6-9H,5,10-11H2,1-4H3,(H,20,22)(H2,17,18,19). The molecule has 0 saturated heterocycles. The van der Waals surface area contributed by atoms with Crippen LogP contribution in [0.25, 0.3) is 0 Å². The fourth-order valence-electron chi connectivity index (χ4n) is 1.96. The number of rotatable bonds is 6. The highest BCUT2D eigenvalue weighted by atomic mass is 16.6. The Morgan fingerprint density at radius 2 is 1.92 bits per heavy atom. The number of hydrogen-bond donors (Lipinski definition) is 3. The van der Waals surface area contributed by atoms with Crippen LogP contribution in [0.4, 0.5) is 5.69 Å². The molecule has 0 radical (unpaired) electrons. The topological polar surface area (TPSA) is 109 Å². The minimum atomic E-state index is -0.429. The van der Waals surface area contributed by atoms with Crippen molar-refractivity contribution < 1.29 is 9.72 Å². The first-order chi connectivity index (χ1) is 11.2. The maximum absolute atomic E-state index is 11.8. The van der Waals surface area contributed by atoms with E-state index < -0.39 is 4.92 Å². The van der Waals surface area contributed by atoms with Crippen molar-refractivity contribution in [2.45, 2.75) is 39.8 Å². The quantitative estimate of drug-likeness (QED) is 0.316. The molecule has 24 heavy (non-hydrogen) atoms. The lowest BCUT2D eigenvalue weighted by Crippen LogP contribution is -2.48. The molecule has 0 fully saturated rings. The predicted molar refractivity (Wildman–Crippen MR) is 93.8 cm³/mol. The number of carbonyl (C=O) groups excluding carboxylic acids is 1. The SMILES string of the molecule is CCNC(=NCc1ccccc1[N+](=O)[O-])NCC(=O)NC(C)(C)C. The summed E-state index contributed by atoms with van der Waals surface area (Å²) in [6.45, 7) is 8.44. The smallest absolute Gasteiger partial charge is 0.274 e. The van der Waals surface area contributed by atoms with Crippen molar-refractivity contribution in [3.63, 3.8) is 0 Å². The molecular formula is C16H25N5O3. The van der Waals surface area contributed by atoms with Gasteiger partial charge in [0.25, 0.3) is 5.69 Å². The Bertz CT molecular complexity index is 608. The van der Waals surface area contributed by atoms with Crippen LogP contribution in [-0.2, 0) is 11.3 Å². The maximum Gasteiger partial charge on any atom is 0.274 e. The molecule has 1 aromatic rings. The van der Waals surface area contributed by atoms with Gasteiger partial charge >= 0.3 is 0 Å². The van der Waals surface area contributed by atoms with Crippen LogP contribution in [0.2, 0.25) is 0 Å². The summed E-state index contributed by atoms with van der Waals surface area (Å²) in [6, 6.07) is 6.46. The number of nitrogens with one attached hydrogen (secondary N) is 3. The number of nitro benzene ring substituents is 1. The number of hydrogen-bond acceptors (Lipinski definition) is 4. The number of carbonyl (C=O) groups is 1. The number of benzene rings is 1. The molecular weight excluding hydrogens is 310 g/mol. The van der Waals surface area contributed by atoms with E-state index in [2.05, 4.69) is 20.9 Å². The normalized spacial score (nSPS) is 11.8. The van der Waals surface area contributed by atoms with E-state index in [1.807, 2.05) is 27.7 Å². The zero-order valence-electron chi connectivity index (χ0n) is 14.5. The van der Waals surface area contributed by atoms with Crippen molar-refractivity contribution in [2.75, 3.05) is 13.1 Å². The molecule has 0 spiro atoms. The van der Waals surface area contributed by atoms with Gasteiger partial charge in [-0.25, -0.2) is 4.99 Å². The Balaban J connectivity index is 2.73. The third-order valence-corrected chi connectivity index (χ3v) is 2.87.